The zero-order valence-electron chi connectivity index (χ0n) is 12.4. The molecule has 0 amide bonds. The molecule has 0 aliphatic heterocycles. The molecule has 2 heterocycles. The number of aromatic nitrogens is 1. The highest BCUT2D eigenvalue weighted by molar-refractivity contribution is 6.05. The van der Waals surface area contributed by atoms with Gasteiger partial charge in [0.1, 0.15) is 5.76 Å². The van der Waals surface area contributed by atoms with E-state index in [-0.39, 0.29) is 18.0 Å². The number of hydrogen-bond donors (Lipinski definition) is 0. The van der Waals surface area contributed by atoms with Crippen molar-refractivity contribution in [1.82, 2.24) is 4.98 Å². The lowest BCUT2D eigenvalue weighted by Crippen LogP contribution is -2.17. The van der Waals surface area contributed by atoms with Crippen molar-refractivity contribution >= 4 is 11.6 Å². The van der Waals surface area contributed by atoms with Gasteiger partial charge in [-0.2, -0.15) is 0 Å². The van der Waals surface area contributed by atoms with E-state index in [4.69, 9.17) is 4.42 Å². The van der Waals surface area contributed by atoms with Gasteiger partial charge in [-0.3, -0.25) is 14.6 Å². The number of hydrogen-bond acceptors (Lipinski definition) is 4. The van der Waals surface area contributed by atoms with Crippen LogP contribution in [0.3, 0.4) is 0 Å². The van der Waals surface area contributed by atoms with E-state index in [0.29, 0.717) is 16.9 Å². The van der Waals surface area contributed by atoms with Gasteiger partial charge in [0.05, 0.1) is 12.2 Å². The van der Waals surface area contributed by atoms with E-state index in [1.165, 1.54) is 12.5 Å². The van der Waals surface area contributed by atoms with Gasteiger partial charge < -0.3 is 4.42 Å². The summed E-state index contributed by atoms with van der Waals surface area (Å²) in [5.74, 6) is -0.405. The summed E-state index contributed by atoms with van der Waals surface area (Å²) in [6.45, 7) is 0. The smallest absolute Gasteiger partial charge is 0.173 e. The number of benzene rings is 1. The van der Waals surface area contributed by atoms with Crippen LogP contribution in [0.15, 0.2) is 77.7 Å². The van der Waals surface area contributed by atoms with E-state index in [9.17, 15) is 9.59 Å². The van der Waals surface area contributed by atoms with Gasteiger partial charge in [0.25, 0.3) is 0 Å². The van der Waals surface area contributed by atoms with Crippen molar-refractivity contribution in [2.24, 2.45) is 0 Å². The van der Waals surface area contributed by atoms with E-state index >= 15 is 0 Å². The minimum absolute atomic E-state index is 0.0485. The zero-order valence-corrected chi connectivity index (χ0v) is 12.4. The van der Waals surface area contributed by atoms with Crippen molar-refractivity contribution in [3.05, 3.63) is 90.1 Å². The number of pyridine rings is 1. The summed E-state index contributed by atoms with van der Waals surface area (Å²) in [4.78, 5) is 29.2. The Labute approximate surface area is 133 Å². The average Bonchev–Trinajstić information content (AvgIpc) is 3.15. The van der Waals surface area contributed by atoms with Gasteiger partial charge in [-0.15, -0.1) is 0 Å². The number of ketones is 2. The monoisotopic (exact) mass is 305 g/mol. The predicted octanol–water partition coefficient (Wildman–Crippen LogP) is 3.91. The molecule has 0 aliphatic carbocycles. The molecule has 2 aromatic heterocycles. The van der Waals surface area contributed by atoms with Crippen LogP contribution in [-0.2, 0) is 0 Å². The quantitative estimate of drug-likeness (QED) is 0.648. The molecule has 4 heteroatoms. The van der Waals surface area contributed by atoms with Crippen LogP contribution in [0.1, 0.15) is 38.8 Å². The molecule has 114 valence electrons. The first kappa shape index (κ1) is 14.9. The Morgan fingerprint density at radius 2 is 1.74 bits per heavy atom. The molecular formula is C19H15NO3. The van der Waals surface area contributed by atoms with Crippen LogP contribution >= 0.6 is 0 Å². The van der Waals surface area contributed by atoms with Gasteiger partial charge in [0.15, 0.2) is 11.6 Å². The van der Waals surface area contributed by atoms with Crippen LogP contribution in [0.4, 0.5) is 0 Å². The topological polar surface area (TPSA) is 60.2 Å². The molecule has 0 aliphatic rings. The number of nitrogens with zero attached hydrogens (tertiary/aromatic N) is 1. The maximum atomic E-state index is 12.8. The molecule has 0 radical (unpaired) electrons. The first-order valence-electron chi connectivity index (χ1n) is 7.31. The lowest BCUT2D eigenvalue weighted by molar-refractivity contribution is 0.0883. The van der Waals surface area contributed by atoms with E-state index in [2.05, 4.69) is 4.98 Å². The Balaban J connectivity index is 1.88. The first-order chi connectivity index (χ1) is 11.3. The van der Waals surface area contributed by atoms with E-state index in [0.717, 1.165) is 0 Å². The summed E-state index contributed by atoms with van der Waals surface area (Å²) in [6.07, 6.45) is 4.67. The fraction of sp³-hybridized carbons (Fsp3) is 0.105. The van der Waals surface area contributed by atoms with Crippen molar-refractivity contribution in [1.29, 1.82) is 0 Å². The highest BCUT2D eigenvalue weighted by Gasteiger charge is 2.27. The van der Waals surface area contributed by atoms with Crippen molar-refractivity contribution in [2.75, 3.05) is 0 Å². The summed E-state index contributed by atoms with van der Waals surface area (Å²) in [7, 11) is 0. The molecule has 0 N–H and O–H groups in total. The molecule has 0 saturated heterocycles. The summed E-state index contributed by atoms with van der Waals surface area (Å²) in [5, 5.41) is 0. The lowest BCUT2D eigenvalue weighted by Gasteiger charge is -2.13. The van der Waals surface area contributed by atoms with Crippen molar-refractivity contribution in [3.8, 4) is 0 Å². The molecule has 1 unspecified atom stereocenters. The molecule has 3 rings (SSSR count). The fourth-order valence-electron chi connectivity index (χ4n) is 2.45. The number of Topliss-reactive ketones (excluding diaryl/α,β-unsaturated/α-hetero) is 2. The first-order valence-corrected chi connectivity index (χ1v) is 7.31. The second-order valence-corrected chi connectivity index (χ2v) is 5.17. The van der Waals surface area contributed by atoms with Gasteiger partial charge in [-0.05, 0) is 24.3 Å². The third-order valence-electron chi connectivity index (χ3n) is 3.63. The Hall–Kier alpha value is -3.01. The van der Waals surface area contributed by atoms with Gasteiger partial charge in [-0.25, -0.2) is 0 Å². The molecule has 1 atom stereocenters. The Bertz CT molecular complexity index is 780. The number of carbonyl (C=O) groups is 2. The molecule has 3 aromatic rings. The number of carbonyl (C=O) groups excluding carboxylic acids is 2. The maximum Gasteiger partial charge on any atom is 0.173 e. The second kappa shape index (κ2) is 6.83. The molecular weight excluding hydrogens is 290 g/mol. The van der Waals surface area contributed by atoms with Crippen LogP contribution in [0.2, 0.25) is 0 Å². The van der Waals surface area contributed by atoms with E-state index in [1.807, 2.05) is 6.07 Å². The van der Waals surface area contributed by atoms with Gasteiger partial charge in [0, 0.05) is 29.9 Å². The van der Waals surface area contributed by atoms with Crippen molar-refractivity contribution in [2.45, 2.75) is 12.3 Å². The Kier molecular flexibility index (Phi) is 4.43. The molecule has 0 spiro atoms. The predicted molar refractivity (Wildman–Crippen MR) is 85.4 cm³/mol. The Morgan fingerprint density at radius 3 is 2.39 bits per heavy atom. The third-order valence-corrected chi connectivity index (χ3v) is 3.63. The molecule has 23 heavy (non-hydrogen) atoms. The SMILES string of the molecule is O=C(CC(C(=O)c1ccccc1)c1ccco1)c1cccnc1. The second-order valence-electron chi connectivity index (χ2n) is 5.17. The van der Waals surface area contributed by atoms with Crippen LogP contribution in [0.25, 0.3) is 0 Å². The summed E-state index contributed by atoms with van der Waals surface area (Å²) < 4.78 is 5.39. The number of rotatable bonds is 6. The molecule has 0 fully saturated rings. The molecule has 0 saturated carbocycles. The molecule has 4 nitrogen and oxygen atoms in total. The normalized spacial score (nSPS) is 11.8. The summed E-state index contributed by atoms with van der Waals surface area (Å²) >= 11 is 0. The van der Waals surface area contributed by atoms with Crippen molar-refractivity contribution < 1.29 is 14.0 Å². The molecule has 0 bridgehead atoms. The van der Waals surface area contributed by atoms with Crippen LogP contribution in [0, 0.1) is 0 Å². The summed E-state index contributed by atoms with van der Waals surface area (Å²) in [5.41, 5.74) is 1.05. The highest BCUT2D eigenvalue weighted by Crippen LogP contribution is 2.26. The van der Waals surface area contributed by atoms with Crippen LogP contribution in [0.5, 0.6) is 0 Å². The van der Waals surface area contributed by atoms with Gasteiger partial charge in [0.2, 0.25) is 0 Å². The lowest BCUT2D eigenvalue weighted by atomic mass is 9.89. The fourth-order valence-corrected chi connectivity index (χ4v) is 2.45. The van der Waals surface area contributed by atoms with E-state index < -0.39 is 5.92 Å². The largest absolute Gasteiger partial charge is 0.469 e. The van der Waals surface area contributed by atoms with Gasteiger partial charge >= 0.3 is 0 Å². The van der Waals surface area contributed by atoms with Crippen LogP contribution in [-0.4, -0.2) is 16.6 Å². The third kappa shape index (κ3) is 3.43. The van der Waals surface area contributed by atoms with Crippen molar-refractivity contribution in [3.63, 3.8) is 0 Å². The van der Waals surface area contributed by atoms with Crippen LogP contribution < -0.4 is 0 Å². The van der Waals surface area contributed by atoms with Gasteiger partial charge in [-0.1, -0.05) is 30.3 Å². The maximum absolute atomic E-state index is 12.8. The minimum Gasteiger partial charge on any atom is -0.469 e. The Morgan fingerprint density at radius 1 is 0.957 bits per heavy atom. The summed E-state index contributed by atoms with van der Waals surface area (Å²) in [6, 6.07) is 15.8. The number of furan rings is 1. The minimum atomic E-state index is -0.639. The molecule has 1 aromatic carbocycles. The highest BCUT2D eigenvalue weighted by atomic mass is 16.3. The zero-order chi connectivity index (χ0) is 16.1. The standard InChI is InChI=1S/C19H15NO3/c21-17(15-8-4-10-20-13-15)12-16(18-9-5-11-23-18)19(22)14-6-2-1-3-7-14/h1-11,13,16H,12H2. The average molecular weight is 305 g/mol. The van der Waals surface area contributed by atoms with E-state index in [1.54, 1.807) is 54.7 Å².